The van der Waals surface area contributed by atoms with Crippen molar-refractivity contribution in [2.24, 2.45) is 5.73 Å². The van der Waals surface area contributed by atoms with Gasteiger partial charge in [-0.1, -0.05) is 0 Å². The fourth-order valence-corrected chi connectivity index (χ4v) is 1.90. The minimum absolute atomic E-state index is 0.451. The standard InChI is InChI=1S/C12H12N4O2/c13-4-3-8-6-9(16-15-8)7-1-2-11-10(5-7)14-12(17)18-11/h1-2,5-6H,3-4,13H2,(H,14,17)(H,15,16). The van der Waals surface area contributed by atoms with E-state index in [4.69, 9.17) is 10.2 Å². The third-order valence-corrected chi connectivity index (χ3v) is 2.76. The van der Waals surface area contributed by atoms with E-state index in [2.05, 4.69) is 15.2 Å². The summed E-state index contributed by atoms with van der Waals surface area (Å²) in [6.07, 6.45) is 0.762. The summed E-state index contributed by atoms with van der Waals surface area (Å²) in [6, 6.07) is 7.40. The highest BCUT2D eigenvalue weighted by molar-refractivity contribution is 5.79. The number of fused-ring (bicyclic) bond motifs is 1. The van der Waals surface area contributed by atoms with E-state index in [-0.39, 0.29) is 0 Å². The molecule has 6 heteroatoms. The maximum Gasteiger partial charge on any atom is 0.417 e. The molecule has 0 spiro atoms. The Bertz CT molecular complexity index is 738. The average molecular weight is 244 g/mol. The summed E-state index contributed by atoms with van der Waals surface area (Å²) >= 11 is 0. The normalized spacial score (nSPS) is 11.2. The van der Waals surface area contributed by atoms with E-state index in [1.807, 2.05) is 18.2 Å². The van der Waals surface area contributed by atoms with Crippen LogP contribution in [0.1, 0.15) is 5.69 Å². The molecule has 0 radical (unpaired) electrons. The van der Waals surface area contributed by atoms with Gasteiger partial charge in [-0.25, -0.2) is 4.79 Å². The number of rotatable bonds is 3. The van der Waals surface area contributed by atoms with Gasteiger partial charge in [0.1, 0.15) is 0 Å². The lowest BCUT2D eigenvalue weighted by atomic mass is 10.1. The van der Waals surface area contributed by atoms with Crippen molar-refractivity contribution in [3.05, 3.63) is 40.5 Å². The number of H-pyrrole nitrogens is 2. The van der Waals surface area contributed by atoms with Crippen LogP contribution in [0.4, 0.5) is 0 Å². The topological polar surface area (TPSA) is 101 Å². The van der Waals surface area contributed by atoms with Gasteiger partial charge < -0.3 is 10.2 Å². The first kappa shape index (κ1) is 10.8. The maximum absolute atomic E-state index is 11.1. The number of aromatic nitrogens is 3. The van der Waals surface area contributed by atoms with Crippen LogP contribution in [-0.4, -0.2) is 21.7 Å². The Labute approximate surface area is 102 Å². The van der Waals surface area contributed by atoms with Gasteiger partial charge in [0.15, 0.2) is 5.58 Å². The first-order valence-corrected chi connectivity index (χ1v) is 5.64. The molecule has 6 nitrogen and oxygen atoms in total. The van der Waals surface area contributed by atoms with Crippen molar-refractivity contribution in [2.45, 2.75) is 6.42 Å². The molecule has 3 aromatic rings. The zero-order valence-corrected chi connectivity index (χ0v) is 9.56. The van der Waals surface area contributed by atoms with Crippen LogP contribution in [0.5, 0.6) is 0 Å². The van der Waals surface area contributed by atoms with E-state index in [9.17, 15) is 4.79 Å². The Balaban J connectivity index is 2.04. The molecule has 0 fully saturated rings. The van der Waals surface area contributed by atoms with Gasteiger partial charge in [-0.2, -0.15) is 5.10 Å². The molecule has 0 unspecified atom stereocenters. The third kappa shape index (κ3) is 1.82. The van der Waals surface area contributed by atoms with Gasteiger partial charge in [-0.05, 0) is 30.8 Å². The van der Waals surface area contributed by atoms with Gasteiger partial charge in [0.25, 0.3) is 0 Å². The Kier molecular flexibility index (Phi) is 2.49. The van der Waals surface area contributed by atoms with E-state index in [0.29, 0.717) is 17.6 Å². The molecule has 0 amide bonds. The predicted molar refractivity (Wildman–Crippen MR) is 67.2 cm³/mol. The van der Waals surface area contributed by atoms with Crippen molar-refractivity contribution in [1.82, 2.24) is 15.2 Å². The SMILES string of the molecule is NCCc1cc(-c2ccc3oc(=O)[nH]c3c2)n[nH]1. The van der Waals surface area contributed by atoms with Crippen LogP contribution in [-0.2, 0) is 6.42 Å². The van der Waals surface area contributed by atoms with E-state index >= 15 is 0 Å². The number of nitrogens with zero attached hydrogens (tertiary/aromatic N) is 1. The molecule has 3 rings (SSSR count). The van der Waals surface area contributed by atoms with Gasteiger partial charge >= 0.3 is 5.76 Å². The summed E-state index contributed by atoms with van der Waals surface area (Å²) in [5.41, 5.74) is 9.43. The van der Waals surface area contributed by atoms with E-state index in [0.717, 1.165) is 23.4 Å². The molecule has 1 aromatic carbocycles. The fraction of sp³-hybridized carbons (Fsp3) is 0.167. The van der Waals surface area contributed by atoms with Crippen LogP contribution in [0.25, 0.3) is 22.4 Å². The molecule has 18 heavy (non-hydrogen) atoms. The summed E-state index contributed by atoms with van der Waals surface area (Å²) < 4.78 is 4.95. The monoisotopic (exact) mass is 244 g/mol. The number of nitrogens with one attached hydrogen (secondary N) is 2. The Hall–Kier alpha value is -2.34. The lowest BCUT2D eigenvalue weighted by Gasteiger charge is -1.94. The second-order valence-electron chi connectivity index (χ2n) is 4.04. The molecule has 0 aliphatic heterocycles. The third-order valence-electron chi connectivity index (χ3n) is 2.76. The molecule has 0 aliphatic rings. The lowest BCUT2D eigenvalue weighted by Crippen LogP contribution is -2.02. The molecule has 0 atom stereocenters. The van der Waals surface area contributed by atoms with Crippen molar-refractivity contribution < 1.29 is 4.42 Å². The number of oxazole rings is 1. The molecule has 2 heterocycles. The molecular weight excluding hydrogens is 232 g/mol. The second kappa shape index (κ2) is 4.15. The van der Waals surface area contributed by atoms with E-state index in [1.165, 1.54) is 0 Å². The molecular formula is C12H12N4O2. The Morgan fingerprint density at radius 3 is 3.06 bits per heavy atom. The summed E-state index contributed by atoms with van der Waals surface area (Å²) in [6.45, 7) is 0.579. The summed E-state index contributed by atoms with van der Waals surface area (Å²) in [5, 5.41) is 7.15. The number of hydrogen-bond acceptors (Lipinski definition) is 4. The van der Waals surface area contributed by atoms with E-state index < -0.39 is 5.76 Å². The average Bonchev–Trinajstić information content (AvgIpc) is 2.93. The van der Waals surface area contributed by atoms with Gasteiger partial charge in [0, 0.05) is 17.7 Å². The molecule has 2 aromatic heterocycles. The largest absolute Gasteiger partial charge is 0.417 e. The molecule has 0 saturated carbocycles. The lowest BCUT2D eigenvalue weighted by molar-refractivity contribution is 0.555. The highest BCUT2D eigenvalue weighted by Crippen LogP contribution is 2.21. The first-order valence-electron chi connectivity index (χ1n) is 5.64. The first-order chi connectivity index (χ1) is 8.76. The van der Waals surface area contributed by atoms with Gasteiger partial charge in [-0.15, -0.1) is 0 Å². The molecule has 0 aliphatic carbocycles. The zero-order valence-electron chi connectivity index (χ0n) is 9.56. The van der Waals surface area contributed by atoms with Crippen LogP contribution in [0.3, 0.4) is 0 Å². The van der Waals surface area contributed by atoms with Crippen molar-refractivity contribution in [2.75, 3.05) is 6.54 Å². The summed E-state index contributed by atoms with van der Waals surface area (Å²) in [4.78, 5) is 13.7. The fourth-order valence-electron chi connectivity index (χ4n) is 1.90. The Morgan fingerprint density at radius 2 is 2.22 bits per heavy atom. The van der Waals surface area contributed by atoms with Crippen LogP contribution < -0.4 is 11.5 Å². The van der Waals surface area contributed by atoms with Crippen LogP contribution in [0, 0.1) is 0 Å². The number of aromatic amines is 2. The van der Waals surface area contributed by atoms with Crippen LogP contribution in [0.2, 0.25) is 0 Å². The number of nitrogens with two attached hydrogens (primary N) is 1. The summed E-state index contributed by atoms with van der Waals surface area (Å²) in [5.74, 6) is -0.451. The highest BCUT2D eigenvalue weighted by atomic mass is 16.4. The quantitative estimate of drug-likeness (QED) is 0.640. The van der Waals surface area contributed by atoms with Gasteiger partial charge in [0.05, 0.1) is 11.2 Å². The van der Waals surface area contributed by atoms with Crippen molar-refractivity contribution in [3.8, 4) is 11.3 Å². The van der Waals surface area contributed by atoms with Crippen molar-refractivity contribution in [3.63, 3.8) is 0 Å². The zero-order chi connectivity index (χ0) is 12.5. The smallest absolute Gasteiger partial charge is 0.408 e. The summed E-state index contributed by atoms with van der Waals surface area (Å²) in [7, 11) is 0. The highest BCUT2D eigenvalue weighted by Gasteiger charge is 2.07. The van der Waals surface area contributed by atoms with Crippen LogP contribution in [0.15, 0.2) is 33.5 Å². The molecule has 92 valence electrons. The van der Waals surface area contributed by atoms with Gasteiger partial charge in [0.2, 0.25) is 0 Å². The van der Waals surface area contributed by atoms with E-state index in [1.54, 1.807) is 6.07 Å². The molecule has 0 bridgehead atoms. The predicted octanol–water partition coefficient (Wildman–Crippen LogP) is 1.01. The molecule has 4 N–H and O–H groups in total. The minimum atomic E-state index is -0.451. The second-order valence-corrected chi connectivity index (χ2v) is 4.04. The van der Waals surface area contributed by atoms with Crippen molar-refractivity contribution >= 4 is 11.1 Å². The maximum atomic E-state index is 11.1. The molecule has 0 saturated heterocycles. The van der Waals surface area contributed by atoms with Gasteiger partial charge in [-0.3, -0.25) is 10.1 Å². The van der Waals surface area contributed by atoms with Crippen molar-refractivity contribution in [1.29, 1.82) is 0 Å². The Morgan fingerprint density at radius 1 is 1.33 bits per heavy atom. The number of benzene rings is 1. The minimum Gasteiger partial charge on any atom is -0.408 e. The van der Waals surface area contributed by atoms with Crippen LogP contribution >= 0.6 is 0 Å². The number of hydrogen-bond donors (Lipinski definition) is 3.